The second-order valence-corrected chi connectivity index (χ2v) is 7.76. The van der Waals surface area contributed by atoms with Crippen molar-refractivity contribution in [2.75, 3.05) is 0 Å². The lowest BCUT2D eigenvalue weighted by molar-refractivity contribution is 1.13. The molecule has 0 unspecified atom stereocenters. The van der Waals surface area contributed by atoms with Gasteiger partial charge >= 0.3 is 0 Å². The van der Waals surface area contributed by atoms with Crippen LogP contribution in [-0.2, 0) is 25.7 Å². The van der Waals surface area contributed by atoms with Crippen molar-refractivity contribution in [1.29, 1.82) is 0 Å². The molecule has 1 aliphatic rings. The van der Waals surface area contributed by atoms with E-state index in [2.05, 4.69) is 93.2 Å². The standard InChI is InChI=1S/C28H28/c1-4-21-9-12-24(13-10-21)28-18-26-14-11-23(17-27(26)19-28)15-20(3)25-8-6-7-22(5-2)16-25/h6-14,16-17,19H,3-5,15,18H2,1-2H3. The summed E-state index contributed by atoms with van der Waals surface area (Å²) in [5.41, 5.74) is 12.1. The summed E-state index contributed by atoms with van der Waals surface area (Å²) >= 11 is 0. The van der Waals surface area contributed by atoms with Crippen molar-refractivity contribution in [3.8, 4) is 0 Å². The molecule has 0 saturated carbocycles. The Bertz CT molecular complexity index is 1030. The summed E-state index contributed by atoms with van der Waals surface area (Å²) in [4.78, 5) is 0. The third-order valence-corrected chi connectivity index (χ3v) is 5.81. The largest absolute Gasteiger partial charge is 0.0949 e. The molecular formula is C28H28. The molecule has 4 rings (SSSR count). The van der Waals surface area contributed by atoms with Crippen LogP contribution in [0.4, 0.5) is 0 Å². The average Bonchev–Trinajstić information content (AvgIpc) is 3.17. The highest BCUT2D eigenvalue weighted by molar-refractivity contribution is 5.88. The molecule has 0 aromatic heterocycles. The van der Waals surface area contributed by atoms with E-state index in [0.717, 1.165) is 25.7 Å². The Morgan fingerprint density at radius 3 is 2.32 bits per heavy atom. The Morgan fingerprint density at radius 1 is 0.821 bits per heavy atom. The molecule has 0 fully saturated rings. The normalized spacial score (nSPS) is 12.6. The van der Waals surface area contributed by atoms with Gasteiger partial charge in [-0.25, -0.2) is 0 Å². The van der Waals surface area contributed by atoms with E-state index in [1.807, 2.05) is 0 Å². The Morgan fingerprint density at radius 2 is 1.57 bits per heavy atom. The highest BCUT2D eigenvalue weighted by atomic mass is 14.2. The molecule has 0 saturated heterocycles. The van der Waals surface area contributed by atoms with Crippen molar-refractivity contribution in [2.24, 2.45) is 0 Å². The fourth-order valence-corrected chi connectivity index (χ4v) is 3.99. The molecule has 0 heterocycles. The zero-order chi connectivity index (χ0) is 19.5. The number of fused-ring (bicyclic) bond motifs is 1. The Balaban J connectivity index is 1.53. The highest BCUT2D eigenvalue weighted by Gasteiger charge is 2.15. The van der Waals surface area contributed by atoms with Crippen molar-refractivity contribution in [3.63, 3.8) is 0 Å². The smallest absolute Gasteiger partial charge is 0.00137 e. The van der Waals surface area contributed by atoms with Crippen molar-refractivity contribution in [1.82, 2.24) is 0 Å². The molecule has 0 amide bonds. The van der Waals surface area contributed by atoms with Crippen molar-refractivity contribution in [3.05, 3.63) is 112 Å². The molecule has 0 spiro atoms. The van der Waals surface area contributed by atoms with Gasteiger partial charge in [-0.3, -0.25) is 0 Å². The van der Waals surface area contributed by atoms with Crippen LogP contribution in [0, 0.1) is 0 Å². The lowest BCUT2D eigenvalue weighted by Crippen LogP contribution is -1.93. The molecule has 3 aromatic carbocycles. The number of hydrogen-bond donors (Lipinski definition) is 0. The van der Waals surface area contributed by atoms with Gasteiger partial charge in [0.05, 0.1) is 0 Å². The number of rotatable bonds is 6. The van der Waals surface area contributed by atoms with Crippen molar-refractivity contribution < 1.29 is 0 Å². The molecule has 0 bridgehead atoms. The second kappa shape index (κ2) is 8.02. The van der Waals surface area contributed by atoms with Gasteiger partial charge in [0.1, 0.15) is 0 Å². The summed E-state index contributed by atoms with van der Waals surface area (Å²) < 4.78 is 0. The van der Waals surface area contributed by atoms with Crippen LogP contribution >= 0.6 is 0 Å². The summed E-state index contributed by atoms with van der Waals surface area (Å²) in [6.07, 6.45) is 6.44. The van der Waals surface area contributed by atoms with E-state index in [-0.39, 0.29) is 0 Å². The zero-order valence-electron chi connectivity index (χ0n) is 17.0. The SMILES string of the molecule is C=C(Cc1ccc2c(c1)C=C(c1ccc(CC)cc1)C2)c1cccc(CC)c1. The fraction of sp³-hybridized carbons (Fsp3) is 0.214. The third-order valence-electron chi connectivity index (χ3n) is 5.81. The van der Waals surface area contributed by atoms with Crippen molar-refractivity contribution in [2.45, 2.75) is 39.5 Å². The monoisotopic (exact) mass is 364 g/mol. The van der Waals surface area contributed by atoms with Gasteiger partial charge in [0.2, 0.25) is 0 Å². The predicted octanol–water partition coefficient (Wildman–Crippen LogP) is 7.16. The summed E-state index contributed by atoms with van der Waals surface area (Å²) in [6, 6.07) is 24.7. The average molecular weight is 365 g/mol. The first kappa shape index (κ1) is 18.5. The van der Waals surface area contributed by atoms with Gasteiger partial charge in [-0.2, -0.15) is 0 Å². The minimum absolute atomic E-state index is 0.898. The van der Waals surface area contributed by atoms with E-state index in [4.69, 9.17) is 0 Å². The predicted molar refractivity (Wildman–Crippen MR) is 122 cm³/mol. The highest BCUT2D eigenvalue weighted by Crippen LogP contribution is 2.33. The Kier molecular flexibility index (Phi) is 5.30. The minimum Gasteiger partial charge on any atom is -0.0949 e. The van der Waals surface area contributed by atoms with Crippen LogP contribution in [0.5, 0.6) is 0 Å². The van der Waals surface area contributed by atoms with Crippen LogP contribution in [-0.4, -0.2) is 0 Å². The van der Waals surface area contributed by atoms with E-state index in [0.29, 0.717) is 0 Å². The number of allylic oxidation sites excluding steroid dienone is 2. The first-order valence-electron chi connectivity index (χ1n) is 10.3. The molecule has 0 nitrogen and oxygen atoms in total. The van der Waals surface area contributed by atoms with Crippen LogP contribution in [0.15, 0.2) is 73.3 Å². The van der Waals surface area contributed by atoms with E-state index < -0.39 is 0 Å². The number of hydrogen-bond acceptors (Lipinski definition) is 0. The lowest BCUT2D eigenvalue weighted by Gasteiger charge is -2.09. The Hall–Kier alpha value is -2.86. The molecule has 0 atom stereocenters. The third kappa shape index (κ3) is 3.87. The summed E-state index contributed by atoms with van der Waals surface area (Å²) in [7, 11) is 0. The molecule has 0 aliphatic heterocycles. The second-order valence-electron chi connectivity index (χ2n) is 7.76. The van der Waals surface area contributed by atoms with Crippen LogP contribution in [0.3, 0.4) is 0 Å². The molecule has 140 valence electrons. The number of aryl methyl sites for hydroxylation is 2. The lowest BCUT2D eigenvalue weighted by atomic mass is 9.96. The fourth-order valence-electron chi connectivity index (χ4n) is 3.99. The molecular weight excluding hydrogens is 336 g/mol. The van der Waals surface area contributed by atoms with E-state index in [1.54, 1.807) is 0 Å². The summed E-state index contributed by atoms with van der Waals surface area (Å²) in [5, 5.41) is 0. The molecule has 0 N–H and O–H groups in total. The maximum atomic E-state index is 4.35. The van der Waals surface area contributed by atoms with Crippen LogP contribution in [0.1, 0.15) is 52.8 Å². The van der Waals surface area contributed by atoms with Crippen molar-refractivity contribution >= 4 is 17.2 Å². The first-order chi connectivity index (χ1) is 13.7. The van der Waals surface area contributed by atoms with Gasteiger partial charge < -0.3 is 0 Å². The molecule has 0 radical (unpaired) electrons. The molecule has 28 heavy (non-hydrogen) atoms. The Labute approximate surface area is 169 Å². The molecule has 1 aliphatic carbocycles. The van der Waals surface area contributed by atoms with E-state index >= 15 is 0 Å². The van der Waals surface area contributed by atoms with Crippen LogP contribution < -0.4 is 0 Å². The maximum Gasteiger partial charge on any atom is -0.00137 e. The van der Waals surface area contributed by atoms with Gasteiger partial charge in [0.25, 0.3) is 0 Å². The number of benzene rings is 3. The van der Waals surface area contributed by atoms with E-state index in [1.165, 1.54) is 50.1 Å². The zero-order valence-corrected chi connectivity index (χ0v) is 17.0. The quantitative estimate of drug-likeness (QED) is 0.435. The van der Waals surface area contributed by atoms with Gasteiger partial charge in [-0.1, -0.05) is 93.2 Å². The van der Waals surface area contributed by atoms with Crippen LogP contribution in [0.2, 0.25) is 0 Å². The van der Waals surface area contributed by atoms with Gasteiger partial charge in [-0.15, -0.1) is 0 Å². The van der Waals surface area contributed by atoms with Gasteiger partial charge in [0, 0.05) is 0 Å². The topological polar surface area (TPSA) is 0 Å². The molecule has 3 aromatic rings. The maximum absolute atomic E-state index is 4.35. The minimum atomic E-state index is 0.898. The first-order valence-corrected chi connectivity index (χ1v) is 10.3. The van der Waals surface area contributed by atoms with E-state index in [9.17, 15) is 0 Å². The van der Waals surface area contributed by atoms with Gasteiger partial charge in [-0.05, 0) is 75.8 Å². The summed E-state index contributed by atoms with van der Waals surface area (Å²) in [6.45, 7) is 8.75. The summed E-state index contributed by atoms with van der Waals surface area (Å²) in [5.74, 6) is 0. The molecule has 0 heteroatoms. The van der Waals surface area contributed by atoms with Crippen LogP contribution in [0.25, 0.3) is 17.2 Å². The van der Waals surface area contributed by atoms with Gasteiger partial charge in [0.15, 0.2) is 0 Å².